The molecular weight excluding hydrogens is 331 g/mol. The SMILES string of the molecule is COCCNc1cc(C(C)(C)C)nc2c(-c3ccc(F)cc3)c(C)nn12. The second-order valence-electron chi connectivity index (χ2n) is 7.40. The Morgan fingerprint density at radius 3 is 2.50 bits per heavy atom. The number of aryl methyl sites for hydroxylation is 1. The third-order valence-corrected chi connectivity index (χ3v) is 4.28. The first-order valence-electron chi connectivity index (χ1n) is 8.71. The van der Waals surface area contributed by atoms with Crippen LogP contribution in [0.15, 0.2) is 30.3 Å². The van der Waals surface area contributed by atoms with Crippen LogP contribution in [0, 0.1) is 12.7 Å². The van der Waals surface area contributed by atoms with Crippen molar-refractivity contribution in [3.8, 4) is 11.1 Å². The van der Waals surface area contributed by atoms with Gasteiger partial charge in [0.1, 0.15) is 11.6 Å². The van der Waals surface area contributed by atoms with Gasteiger partial charge in [0.15, 0.2) is 5.65 Å². The maximum Gasteiger partial charge on any atom is 0.165 e. The van der Waals surface area contributed by atoms with Crippen molar-refractivity contribution in [2.24, 2.45) is 0 Å². The Morgan fingerprint density at radius 1 is 1.19 bits per heavy atom. The first-order chi connectivity index (χ1) is 12.3. The van der Waals surface area contributed by atoms with E-state index >= 15 is 0 Å². The van der Waals surface area contributed by atoms with Crippen molar-refractivity contribution in [1.82, 2.24) is 14.6 Å². The predicted octanol–water partition coefficient (Wildman–Crippen LogP) is 4.20. The molecule has 0 saturated heterocycles. The van der Waals surface area contributed by atoms with Gasteiger partial charge in [0.25, 0.3) is 0 Å². The second-order valence-corrected chi connectivity index (χ2v) is 7.40. The summed E-state index contributed by atoms with van der Waals surface area (Å²) in [5.41, 5.74) is 4.29. The molecule has 0 bridgehead atoms. The minimum absolute atomic E-state index is 0.113. The van der Waals surface area contributed by atoms with E-state index in [0.717, 1.165) is 34.0 Å². The lowest BCUT2D eigenvalue weighted by Crippen LogP contribution is -2.17. The number of nitrogens with one attached hydrogen (secondary N) is 1. The van der Waals surface area contributed by atoms with E-state index in [0.29, 0.717) is 13.2 Å². The average molecular weight is 356 g/mol. The number of rotatable bonds is 5. The summed E-state index contributed by atoms with van der Waals surface area (Å²) in [4.78, 5) is 4.89. The van der Waals surface area contributed by atoms with Crippen LogP contribution < -0.4 is 5.32 Å². The van der Waals surface area contributed by atoms with Gasteiger partial charge in [-0.1, -0.05) is 32.9 Å². The molecule has 0 aliphatic heterocycles. The topological polar surface area (TPSA) is 51.5 Å². The van der Waals surface area contributed by atoms with Crippen molar-refractivity contribution in [1.29, 1.82) is 0 Å². The zero-order chi connectivity index (χ0) is 18.9. The Labute approximate surface area is 153 Å². The summed E-state index contributed by atoms with van der Waals surface area (Å²) in [6.07, 6.45) is 0. The highest BCUT2D eigenvalue weighted by Gasteiger charge is 2.22. The Balaban J connectivity index is 2.21. The van der Waals surface area contributed by atoms with Gasteiger partial charge in [-0.25, -0.2) is 9.37 Å². The van der Waals surface area contributed by atoms with E-state index in [4.69, 9.17) is 9.72 Å². The monoisotopic (exact) mass is 356 g/mol. The molecule has 1 aromatic carbocycles. The van der Waals surface area contributed by atoms with Gasteiger partial charge in [-0.05, 0) is 24.6 Å². The van der Waals surface area contributed by atoms with Crippen LogP contribution >= 0.6 is 0 Å². The third kappa shape index (κ3) is 3.55. The fraction of sp³-hybridized carbons (Fsp3) is 0.400. The van der Waals surface area contributed by atoms with Gasteiger partial charge in [-0.2, -0.15) is 9.61 Å². The van der Waals surface area contributed by atoms with Gasteiger partial charge in [-0.3, -0.25) is 0 Å². The molecule has 0 spiro atoms. The van der Waals surface area contributed by atoms with Crippen LogP contribution in [0.2, 0.25) is 0 Å². The van der Waals surface area contributed by atoms with Crippen molar-refractivity contribution >= 4 is 11.5 Å². The largest absolute Gasteiger partial charge is 0.383 e. The molecule has 2 aromatic heterocycles. The first-order valence-corrected chi connectivity index (χ1v) is 8.71. The molecule has 5 nitrogen and oxygen atoms in total. The molecule has 0 fully saturated rings. The minimum atomic E-state index is -0.256. The number of aromatic nitrogens is 3. The molecular formula is C20H25FN4O. The van der Waals surface area contributed by atoms with Crippen molar-refractivity contribution in [2.45, 2.75) is 33.1 Å². The van der Waals surface area contributed by atoms with Gasteiger partial charge < -0.3 is 10.1 Å². The molecule has 2 heterocycles. The molecule has 0 radical (unpaired) electrons. The molecule has 0 saturated carbocycles. The average Bonchev–Trinajstić information content (AvgIpc) is 2.91. The molecule has 3 rings (SSSR count). The van der Waals surface area contributed by atoms with E-state index in [9.17, 15) is 4.39 Å². The Bertz CT molecular complexity index is 910. The number of benzene rings is 1. The highest BCUT2D eigenvalue weighted by Crippen LogP contribution is 2.32. The highest BCUT2D eigenvalue weighted by molar-refractivity contribution is 5.81. The lowest BCUT2D eigenvalue weighted by atomic mass is 9.92. The number of hydrogen-bond acceptors (Lipinski definition) is 4. The van der Waals surface area contributed by atoms with Gasteiger partial charge >= 0.3 is 0 Å². The van der Waals surface area contributed by atoms with Crippen LogP contribution in [0.4, 0.5) is 10.2 Å². The lowest BCUT2D eigenvalue weighted by molar-refractivity contribution is 0.210. The summed E-state index contributed by atoms with van der Waals surface area (Å²) < 4.78 is 20.3. The molecule has 3 aromatic rings. The van der Waals surface area contributed by atoms with Crippen molar-refractivity contribution < 1.29 is 9.13 Å². The molecule has 0 aliphatic rings. The van der Waals surface area contributed by atoms with E-state index in [1.165, 1.54) is 12.1 Å². The fourth-order valence-corrected chi connectivity index (χ4v) is 2.87. The molecule has 0 atom stereocenters. The Hall–Kier alpha value is -2.47. The van der Waals surface area contributed by atoms with E-state index in [2.05, 4.69) is 31.2 Å². The molecule has 138 valence electrons. The standard InChI is InChI=1S/C20H25FN4O/c1-13-18(14-6-8-15(21)9-7-14)19-23-16(20(2,3)4)12-17(25(19)24-13)22-10-11-26-5/h6-9,12,22H,10-11H2,1-5H3. The quantitative estimate of drug-likeness (QED) is 0.696. The van der Waals surface area contributed by atoms with Gasteiger partial charge in [0, 0.05) is 30.7 Å². The maximum absolute atomic E-state index is 13.3. The normalized spacial score (nSPS) is 11.9. The summed E-state index contributed by atoms with van der Waals surface area (Å²) in [7, 11) is 1.68. The van der Waals surface area contributed by atoms with Crippen LogP contribution in [0.3, 0.4) is 0 Å². The number of fused-ring (bicyclic) bond motifs is 1. The number of halogens is 1. The smallest absolute Gasteiger partial charge is 0.165 e. The predicted molar refractivity (Wildman–Crippen MR) is 102 cm³/mol. The number of nitrogens with zero attached hydrogens (tertiary/aromatic N) is 3. The van der Waals surface area contributed by atoms with Crippen molar-refractivity contribution in [3.63, 3.8) is 0 Å². The third-order valence-electron chi connectivity index (χ3n) is 4.28. The maximum atomic E-state index is 13.3. The van der Waals surface area contributed by atoms with E-state index in [1.54, 1.807) is 19.2 Å². The van der Waals surface area contributed by atoms with Crippen LogP contribution in [-0.4, -0.2) is 34.9 Å². The zero-order valence-corrected chi connectivity index (χ0v) is 15.9. The lowest BCUT2D eigenvalue weighted by Gasteiger charge is -2.20. The van der Waals surface area contributed by atoms with Gasteiger partial charge in [-0.15, -0.1) is 0 Å². The number of ether oxygens (including phenoxy) is 1. The zero-order valence-electron chi connectivity index (χ0n) is 15.9. The molecule has 0 aliphatic carbocycles. The summed E-state index contributed by atoms with van der Waals surface area (Å²) in [5.74, 6) is 0.613. The fourth-order valence-electron chi connectivity index (χ4n) is 2.87. The van der Waals surface area contributed by atoms with Gasteiger partial charge in [0.2, 0.25) is 0 Å². The second kappa shape index (κ2) is 7.03. The highest BCUT2D eigenvalue weighted by atomic mass is 19.1. The summed E-state index contributed by atoms with van der Waals surface area (Å²) in [5, 5.41) is 8.05. The molecule has 1 N–H and O–H groups in total. The number of methoxy groups -OCH3 is 1. The van der Waals surface area contributed by atoms with Gasteiger partial charge in [0.05, 0.1) is 18.0 Å². The van der Waals surface area contributed by atoms with Crippen LogP contribution in [0.25, 0.3) is 16.8 Å². The molecule has 6 heteroatoms. The molecule has 0 amide bonds. The number of hydrogen-bond donors (Lipinski definition) is 1. The van der Waals surface area contributed by atoms with E-state index < -0.39 is 0 Å². The Morgan fingerprint density at radius 2 is 1.88 bits per heavy atom. The van der Waals surface area contributed by atoms with Crippen LogP contribution in [0.5, 0.6) is 0 Å². The van der Waals surface area contributed by atoms with Crippen molar-refractivity contribution in [2.75, 3.05) is 25.6 Å². The molecule has 26 heavy (non-hydrogen) atoms. The minimum Gasteiger partial charge on any atom is -0.383 e. The van der Waals surface area contributed by atoms with Crippen LogP contribution in [0.1, 0.15) is 32.2 Å². The van der Waals surface area contributed by atoms with E-state index in [1.807, 2.05) is 17.5 Å². The first kappa shape index (κ1) is 18.3. The molecule has 0 unspecified atom stereocenters. The summed E-state index contributed by atoms with van der Waals surface area (Å²) >= 11 is 0. The summed E-state index contributed by atoms with van der Waals surface area (Å²) in [6.45, 7) is 9.61. The number of anilines is 1. The van der Waals surface area contributed by atoms with Crippen LogP contribution in [-0.2, 0) is 10.2 Å². The summed E-state index contributed by atoms with van der Waals surface area (Å²) in [6, 6.07) is 8.49. The van der Waals surface area contributed by atoms with Crippen molar-refractivity contribution in [3.05, 3.63) is 47.5 Å². The van der Waals surface area contributed by atoms with E-state index in [-0.39, 0.29) is 11.2 Å². The Kier molecular flexibility index (Phi) is 4.96.